The third-order valence-electron chi connectivity index (χ3n) is 3.68. The Balaban J connectivity index is 1.85. The Morgan fingerprint density at radius 1 is 0.952 bits per heavy atom. The van der Waals surface area contributed by atoms with Crippen LogP contribution < -0.4 is 0 Å². The molecular formula is C17H15NO3. The van der Waals surface area contributed by atoms with Gasteiger partial charge in [0, 0.05) is 5.56 Å². The van der Waals surface area contributed by atoms with Crippen molar-refractivity contribution in [2.45, 2.75) is 19.6 Å². The lowest BCUT2D eigenvalue weighted by atomic mass is 9.98. The van der Waals surface area contributed by atoms with Gasteiger partial charge < -0.3 is 5.11 Å². The number of hydrogen-bond acceptors (Lipinski definition) is 3. The predicted molar refractivity (Wildman–Crippen MR) is 77.4 cm³/mol. The van der Waals surface area contributed by atoms with E-state index < -0.39 is 0 Å². The topological polar surface area (TPSA) is 57.6 Å². The molecule has 0 fully saturated rings. The molecule has 1 aliphatic heterocycles. The molecule has 106 valence electrons. The molecule has 2 aromatic carbocycles. The number of carbonyl (C=O) groups excluding carboxylic acids is 2. The Labute approximate surface area is 122 Å². The van der Waals surface area contributed by atoms with Gasteiger partial charge in [-0.3, -0.25) is 14.5 Å². The zero-order valence-electron chi connectivity index (χ0n) is 11.5. The van der Waals surface area contributed by atoms with Crippen LogP contribution in [0.3, 0.4) is 0 Å². The van der Waals surface area contributed by atoms with Crippen LogP contribution in [0.4, 0.5) is 0 Å². The van der Waals surface area contributed by atoms with Crippen molar-refractivity contribution in [1.82, 2.24) is 4.90 Å². The maximum atomic E-state index is 12.4. The van der Waals surface area contributed by atoms with E-state index in [0.29, 0.717) is 5.56 Å². The molecule has 0 aliphatic carbocycles. The Morgan fingerprint density at radius 2 is 1.62 bits per heavy atom. The van der Waals surface area contributed by atoms with Crippen molar-refractivity contribution in [3.8, 4) is 0 Å². The van der Waals surface area contributed by atoms with Gasteiger partial charge in [-0.2, -0.15) is 0 Å². The number of aliphatic hydroxyl groups is 1. The Morgan fingerprint density at radius 3 is 2.33 bits per heavy atom. The zero-order chi connectivity index (χ0) is 14.8. The standard InChI is InChI=1S/C17H15NO3/c19-11-13-7-5-12(6-8-13)10-18-16(20)9-14-3-1-2-4-15(14)17(18)21/h1-8,19H,9-11H2. The van der Waals surface area contributed by atoms with E-state index in [-0.39, 0.29) is 31.4 Å². The molecule has 0 atom stereocenters. The van der Waals surface area contributed by atoms with Crippen molar-refractivity contribution in [3.05, 3.63) is 70.8 Å². The van der Waals surface area contributed by atoms with Crippen molar-refractivity contribution in [1.29, 1.82) is 0 Å². The van der Waals surface area contributed by atoms with E-state index in [1.54, 1.807) is 24.3 Å². The second kappa shape index (κ2) is 5.50. The fourth-order valence-corrected chi connectivity index (χ4v) is 2.49. The first-order chi connectivity index (χ1) is 10.2. The molecule has 4 heteroatoms. The Bertz CT molecular complexity index is 691. The van der Waals surface area contributed by atoms with E-state index in [4.69, 9.17) is 5.11 Å². The van der Waals surface area contributed by atoms with Gasteiger partial charge in [-0.15, -0.1) is 0 Å². The summed E-state index contributed by atoms with van der Waals surface area (Å²) < 4.78 is 0. The first kappa shape index (κ1) is 13.5. The number of amides is 2. The molecule has 1 heterocycles. The molecule has 2 amide bonds. The normalized spacial score (nSPS) is 14.2. The maximum absolute atomic E-state index is 12.4. The molecular weight excluding hydrogens is 266 g/mol. The smallest absolute Gasteiger partial charge is 0.261 e. The molecule has 0 saturated heterocycles. The third kappa shape index (κ3) is 2.58. The number of fused-ring (bicyclic) bond motifs is 1. The summed E-state index contributed by atoms with van der Waals surface area (Å²) in [6.45, 7) is 0.243. The minimum atomic E-state index is -0.243. The van der Waals surface area contributed by atoms with Gasteiger partial charge in [-0.25, -0.2) is 0 Å². The van der Waals surface area contributed by atoms with E-state index >= 15 is 0 Å². The average Bonchev–Trinajstić information content (AvgIpc) is 2.52. The van der Waals surface area contributed by atoms with Crippen LogP contribution >= 0.6 is 0 Å². The van der Waals surface area contributed by atoms with Gasteiger partial charge >= 0.3 is 0 Å². The lowest BCUT2D eigenvalue weighted by Crippen LogP contribution is -2.41. The minimum absolute atomic E-state index is 0.0186. The van der Waals surface area contributed by atoms with Crippen LogP contribution in [0, 0.1) is 0 Å². The largest absolute Gasteiger partial charge is 0.392 e. The second-order valence-electron chi connectivity index (χ2n) is 5.09. The summed E-state index contributed by atoms with van der Waals surface area (Å²) in [6, 6.07) is 14.5. The lowest BCUT2D eigenvalue weighted by molar-refractivity contribution is -0.128. The Hall–Kier alpha value is -2.46. The van der Waals surface area contributed by atoms with Gasteiger partial charge in [-0.1, -0.05) is 42.5 Å². The van der Waals surface area contributed by atoms with Crippen LogP contribution in [0.2, 0.25) is 0 Å². The number of aliphatic hydroxyl groups excluding tert-OH is 1. The molecule has 2 aromatic rings. The molecule has 1 aliphatic rings. The van der Waals surface area contributed by atoms with Crippen LogP contribution in [0.25, 0.3) is 0 Å². The van der Waals surface area contributed by atoms with Crippen LogP contribution in [0.5, 0.6) is 0 Å². The summed E-state index contributed by atoms with van der Waals surface area (Å²) in [5.41, 5.74) is 3.07. The van der Waals surface area contributed by atoms with Crippen LogP contribution in [-0.4, -0.2) is 21.8 Å². The van der Waals surface area contributed by atoms with E-state index in [1.165, 1.54) is 4.90 Å². The van der Waals surface area contributed by atoms with Crippen molar-refractivity contribution < 1.29 is 14.7 Å². The predicted octanol–water partition coefficient (Wildman–Crippen LogP) is 1.90. The first-order valence-corrected chi connectivity index (χ1v) is 6.80. The summed E-state index contributed by atoms with van der Waals surface area (Å²) in [7, 11) is 0. The number of benzene rings is 2. The molecule has 1 N–H and O–H groups in total. The molecule has 3 rings (SSSR count). The number of imide groups is 1. The molecule has 0 bridgehead atoms. The SMILES string of the molecule is O=C1Cc2ccccc2C(=O)N1Cc1ccc(CO)cc1. The number of hydrogen-bond donors (Lipinski definition) is 1. The zero-order valence-corrected chi connectivity index (χ0v) is 11.5. The second-order valence-corrected chi connectivity index (χ2v) is 5.09. The third-order valence-corrected chi connectivity index (χ3v) is 3.68. The molecule has 0 spiro atoms. The van der Waals surface area contributed by atoms with Crippen molar-refractivity contribution >= 4 is 11.8 Å². The highest BCUT2D eigenvalue weighted by molar-refractivity contribution is 6.09. The van der Waals surface area contributed by atoms with Crippen LogP contribution in [0.15, 0.2) is 48.5 Å². The van der Waals surface area contributed by atoms with Crippen molar-refractivity contribution in [3.63, 3.8) is 0 Å². The number of nitrogens with zero attached hydrogens (tertiary/aromatic N) is 1. The molecule has 21 heavy (non-hydrogen) atoms. The lowest BCUT2D eigenvalue weighted by Gasteiger charge is -2.26. The fourth-order valence-electron chi connectivity index (χ4n) is 2.49. The molecule has 0 saturated carbocycles. The summed E-state index contributed by atoms with van der Waals surface area (Å²) in [4.78, 5) is 25.9. The molecule has 0 radical (unpaired) electrons. The van der Waals surface area contributed by atoms with E-state index in [9.17, 15) is 9.59 Å². The highest BCUT2D eigenvalue weighted by Gasteiger charge is 2.30. The summed E-state index contributed by atoms with van der Waals surface area (Å²) >= 11 is 0. The van der Waals surface area contributed by atoms with Gasteiger partial charge in [0.05, 0.1) is 19.6 Å². The van der Waals surface area contributed by atoms with E-state index in [2.05, 4.69) is 0 Å². The Kier molecular flexibility index (Phi) is 3.54. The number of carbonyl (C=O) groups is 2. The van der Waals surface area contributed by atoms with Gasteiger partial charge in [-0.05, 0) is 22.8 Å². The first-order valence-electron chi connectivity index (χ1n) is 6.80. The van der Waals surface area contributed by atoms with Gasteiger partial charge in [0.1, 0.15) is 0 Å². The molecule has 4 nitrogen and oxygen atoms in total. The summed E-state index contributed by atoms with van der Waals surface area (Å²) in [5.74, 6) is -0.419. The quantitative estimate of drug-likeness (QED) is 0.874. The minimum Gasteiger partial charge on any atom is -0.392 e. The highest BCUT2D eigenvalue weighted by Crippen LogP contribution is 2.21. The highest BCUT2D eigenvalue weighted by atomic mass is 16.3. The average molecular weight is 281 g/mol. The monoisotopic (exact) mass is 281 g/mol. The van der Waals surface area contributed by atoms with Crippen LogP contribution in [-0.2, 0) is 24.4 Å². The molecule has 0 aromatic heterocycles. The summed E-state index contributed by atoms with van der Waals surface area (Å²) in [5, 5.41) is 9.02. The maximum Gasteiger partial charge on any atom is 0.261 e. The summed E-state index contributed by atoms with van der Waals surface area (Å²) in [6.07, 6.45) is 0.261. The molecule has 0 unspecified atom stereocenters. The van der Waals surface area contributed by atoms with E-state index in [0.717, 1.165) is 16.7 Å². The van der Waals surface area contributed by atoms with Gasteiger partial charge in [0.2, 0.25) is 5.91 Å². The van der Waals surface area contributed by atoms with Crippen molar-refractivity contribution in [2.24, 2.45) is 0 Å². The van der Waals surface area contributed by atoms with Gasteiger partial charge in [0.25, 0.3) is 5.91 Å². The van der Waals surface area contributed by atoms with Gasteiger partial charge in [0.15, 0.2) is 0 Å². The van der Waals surface area contributed by atoms with Crippen molar-refractivity contribution in [2.75, 3.05) is 0 Å². The fraction of sp³-hybridized carbons (Fsp3) is 0.176. The van der Waals surface area contributed by atoms with Crippen LogP contribution in [0.1, 0.15) is 27.0 Å². The van der Waals surface area contributed by atoms with E-state index in [1.807, 2.05) is 24.3 Å². The number of rotatable bonds is 3.